The molecule has 1 atom stereocenters. The maximum atomic E-state index is 4.20. The van der Waals surface area contributed by atoms with Crippen molar-refractivity contribution in [1.82, 2.24) is 14.9 Å². The molecule has 1 N–H and O–H groups in total. The first kappa shape index (κ1) is 10.4. The Hall–Kier alpha value is -1.13. The highest BCUT2D eigenvalue weighted by atomic mass is 32.1. The summed E-state index contributed by atoms with van der Waals surface area (Å²) in [6, 6.07) is 4.62. The van der Waals surface area contributed by atoms with Gasteiger partial charge in [-0.2, -0.15) is 0 Å². The minimum atomic E-state index is 0.371. The Morgan fingerprint density at radius 2 is 2.47 bits per heavy atom. The molecule has 0 bridgehead atoms. The summed E-state index contributed by atoms with van der Waals surface area (Å²) in [5.74, 6) is 0. The standard InChI is InChI=1S/C11H15N3S/c1-9(11-4-3-5-15-11)14-8-13-7-10(14)6-12-2/h3-5,7-9,12H,6H2,1-2H3. The van der Waals surface area contributed by atoms with Crippen LogP contribution >= 0.6 is 11.3 Å². The molecule has 2 rings (SSSR count). The fraction of sp³-hybridized carbons (Fsp3) is 0.364. The molecule has 1 unspecified atom stereocenters. The molecule has 0 spiro atoms. The molecule has 2 heterocycles. The molecule has 0 saturated carbocycles. The first-order valence-electron chi connectivity index (χ1n) is 5.01. The molecule has 80 valence electrons. The lowest BCUT2D eigenvalue weighted by Crippen LogP contribution is -2.13. The zero-order chi connectivity index (χ0) is 10.7. The van der Waals surface area contributed by atoms with Crippen molar-refractivity contribution >= 4 is 11.3 Å². The molecule has 0 saturated heterocycles. The third-order valence-electron chi connectivity index (χ3n) is 2.48. The number of hydrogen-bond donors (Lipinski definition) is 1. The zero-order valence-electron chi connectivity index (χ0n) is 8.97. The summed E-state index contributed by atoms with van der Waals surface area (Å²) in [6.07, 6.45) is 3.82. The topological polar surface area (TPSA) is 29.9 Å². The van der Waals surface area contributed by atoms with Crippen molar-refractivity contribution in [3.63, 3.8) is 0 Å². The van der Waals surface area contributed by atoms with Crippen LogP contribution in [0.3, 0.4) is 0 Å². The summed E-state index contributed by atoms with van der Waals surface area (Å²) in [6.45, 7) is 3.06. The fourth-order valence-corrected chi connectivity index (χ4v) is 2.45. The summed E-state index contributed by atoms with van der Waals surface area (Å²) < 4.78 is 2.21. The van der Waals surface area contributed by atoms with E-state index >= 15 is 0 Å². The number of rotatable bonds is 4. The van der Waals surface area contributed by atoms with E-state index in [0.29, 0.717) is 6.04 Å². The largest absolute Gasteiger partial charge is 0.325 e. The van der Waals surface area contributed by atoms with Crippen molar-refractivity contribution in [3.8, 4) is 0 Å². The fourth-order valence-electron chi connectivity index (χ4n) is 1.66. The highest BCUT2D eigenvalue weighted by Gasteiger charge is 2.11. The molecule has 0 aliphatic heterocycles. The normalized spacial score (nSPS) is 12.9. The lowest BCUT2D eigenvalue weighted by atomic mass is 10.2. The van der Waals surface area contributed by atoms with Gasteiger partial charge in [0.25, 0.3) is 0 Å². The average molecular weight is 221 g/mol. The molecule has 15 heavy (non-hydrogen) atoms. The van der Waals surface area contributed by atoms with E-state index < -0.39 is 0 Å². The molecule has 0 radical (unpaired) electrons. The second-order valence-electron chi connectivity index (χ2n) is 3.51. The Kier molecular flexibility index (Phi) is 3.18. The van der Waals surface area contributed by atoms with Crippen molar-refractivity contribution in [2.45, 2.75) is 19.5 Å². The first-order valence-corrected chi connectivity index (χ1v) is 5.89. The summed E-state index contributed by atoms with van der Waals surface area (Å²) >= 11 is 1.79. The SMILES string of the molecule is CNCc1cncn1C(C)c1cccs1. The maximum Gasteiger partial charge on any atom is 0.0954 e. The van der Waals surface area contributed by atoms with Gasteiger partial charge in [0.05, 0.1) is 18.1 Å². The van der Waals surface area contributed by atoms with Crippen LogP contribution in [0.2, 0.25) is 0 Å². The van der Waals surface area contributed by atoms with Crippen LogP contribution in [0.25, 0.3) is 0 Å². The van der Waals surface area contributed by atoms with Crippen LogP contribution in [-0.2, 0) is 6.54 Å². The molecular formula is C11H15N3S. The van der Waals surface area contributed by atoms with E-state index in [4.69, 9.17) is 0 Å². The van der Waals surface area contributed by atoms with Gasteiger partial charge < -0.3 is 9.88 Å². The van der Waals surface area contributed by atoms with Crippen molar-refractivity contribution in [2.75, 3.05) is 7.05 Å². The minimum absolute atomic E-state index is 0.371. The molecule has 0 aliphatic rings. The summed E-state index contributed by atoms with van der Waals surface area (Å²) in [7, 11) is 1.95. The van der Waals surface area contributed by atoms with Gasteiger partial charge in [-0.25, -0.2) is 4.98 Å². The third kappa shape index (κ3) is 2.11. The Morgan fingerprint density at radius 3 is 3.13 bits per heavy atom. The molecule has 0 fully saturated rings. The smallest absolute Gasteiger partial charge is 0.0954 e. The van der Waals surface area contributed by atoms with E-state index in [0.717, 1.165) is 6.54 Å². The van der Waals surface area contributed by atoms with Crippen LogP contribution in [0, 0.1) is 0 Å². The van der Waals surface area contributed by atoms with Gasteiger partial charge in [-0.1, -0.05) is 6.07 Å². The lowest BCUT2D eigenvalue weighted by Gasteiger charge is -2.14. The number of nitrogens with one attached hydrogen (secondary N) is 1. The van der Waals surface area contributed by atoms with E-state index in [2.05, 4.69) is 39.3 Å². The molecule has 2 aromatic heterocycles. The van der Waals surface area contributed by atoms with Crippen molar-refractivity contribution < 1.29 is 0 Å². The molecule has 0 aromatic carbocycles. The number of hydrogen-bond acceptors (Lipinski definition) is 3. The maximum absolute atomic E-state index is 4.20. The molecule has 3 nitrogen and oxygen atoms in total. The third-order valence-corrected chi connectivity index (χ3v) is 3.52. The Morgan fingerprint density at radius 1 is 1.60 bits per heavy atom. The van der Waals surface area contributed by atoms with Crippen molar-refractivity contribution in [2.24, 2.45) is 0 Å². The first-order chi connectivity index (χ1) is 7.33. The van der Waals surface area contributed by atoms with E-state index in [9.17, 15) is 0 Å². The monoisotopic (exact) mass is 221 g/mol. The van der Waals surface area contributed by atoms with Gasteiger partial charge in [0.2, 0.25) is 0 Å². The quantitative estimate of drug-likeness (QED) is 0.858. The Labute approximate surface area is 93.8 Å². The van der Waals surface area contributed by atoms with E-state index in [1.807, 2.05) is 19.6 Å². The van der Waals surface area contributed by atoms with Crippen LogP contribution < -0.4 is 5.32 Å². The van der Waals surface area contributed by atoms with Gasteiger partial charge in [0.15, 0.2) is 0 Å². The van der Waals surface area contributed by atoms with E-state index in [1.165, 1.54) is 10.6 Å². The van der Waals surface area contributed by atoms with E-state index in [1.54, 1.807) is 11.3 Å². The molecular weight excluding hydrogens is 206 g/mol. The van der Waals surface area contributed by atoms with E-state index in [-0.39, 0.29) is 0 Å². The highest BCUT2D eigenvalue weighted by molar-refractivity contribution is 7.10. The van der Waals surface area contributed by atoms with Crippen LogP contribution in [0.4, 0.5) is 0 Å². The molecule has 0 aliphatic carbocycles. The summed E-state index contributed by atoms with van der Waals surface area (Å²) in [5, 5.41) is 5.26. The van der Waals surface area contributed by atoms with Gasteiger partial charge in [0.1, 0.15) is 0 Å². The van der Waals surface area contributed by atoms with Crippen LogP contribution in [0.15, 0.2) is 30.0 Å². The average Bonchev–Trinajstić information content (AvgIpc) is 2.87. The molecule has 2 aromatic rings. The minimum Gasteiger partial charge on any atom is -0.325 e. The molecule has 4 heteroatoms. The Balaban J connectivity index is 2.25. The molecule has 0 amide bonds. The number of aromatic nitrogens is 2. The van der Waals surface area contributed by atoms with Gasteiger partial charge in [0, 0.05) is 17.6 Å². The lowest BCUT2D eigenvalue weighted by molar-refractivity contribution is 0.601. The summed E-state index contributed by atoms with van der Waals surface area (Å²) in [5.41, 5.74) is 1.22. The van der Waals surface area contributed by atoms with Crippen LogP contribution in [0.5, 0.6) is 0 Å². The van der Waals surface area contributed by atoms with Gasteiger partial charge in [-0.15, -0.1) is 11.3 Å². The van der Waals surface area contributed by atoms with Crippen molar-refractivity contribution in [1.29, 1.82) is 0 Å². The van der Waals surface area contributed by atoms with Crippen LogP contribution in [0.1, 0.15) is 23.5 Å². The predicted octanol–water partition coefficient (Wildman–Crippen LogP) is 2.27. The van der Waals surface area contributed by atoms with Gasteiger partial charge in [-0.3, -0.25) is 0 Å². The van der Waals surface area contributed by atoms with Crippen molar-refractivity contribution in [3.05, 3.63) is 40.6 Å². The highest BCUT2D eigenvalue weighted by Crippen LogP contribution is 2.23. The number of thiophene rings is 1. The van der Waals surface area contributed by atoms with Gasteiger partial charge >= 0.3 is 0 Å². The second-order valence-corrected chi connectivity index (χ2v) is 4.49. The summed E-state index contributed by atoms with van der Waals surface area (Å²) in [4.78, 5) is 5.57. The number of nitrogens with zero attached hydrogens (tertiary/aromatic N) is 2. The van der Waals surface area contributed by atoms with Gasteiger partial charge in [-0.05, 0) is 25.4 Å². The Bertz CT molecular complexity index is 405. The zero-order valence-corrected chi connectivity index (χ0v) is 9.79. The predicted molar refractivity (Wildman–Crippen MR) is 63.1 cm³/mol. The number of imidazole rings is 1. The second kappa shape index (κ2) is 4.59. The van der Waals surface area contributed by atoms with Crippen LogP contribution in [-0.4, -0.2) is 16.6 Å².